The number of alkyl carbamates (subject to hydrolysis) is 1. The van der Waals surface area contributed by atoms with E-state index in [4.69, 9.17) is 4.74 Å². The molecule has 0 bridgehead atoms. The molecule has 2 atom stereocenters. The Morgan fingerprint density at radius 3 is 2.73 bits per heavy atom. The molecule has 9 nitrogen and oxygen atoms in total. The van der Waals surface area contributed by atoms with Crippen LogP contribution in [0.3, 0.4) is 0 Å². The standard InChI is InChI=1S/C21H27N5O4/c1-25(2)20(28)18-9-6-10-26(18)19(27)17(11-16-12-22-14-23-16)24-21(29)30-13-15-7-4-3-5-8-15/h3-5,7-8,12,14,17-18H,6,9-11,13H2,1-2H3,(H,22,23)(H,24,29)/t17-,18-/m0/s1. The number of carbonyl (C=O) groups excluding carboxylic acids is 3. The first kappa shape index (κ1) is 21.4. The summed E-state index contributed by atoms with van der Waals surface area (Å²) in [6, 6.07) is 7.91. The Kier molecular flexibility index (Phi) is 7.05. The number of nitrogens with zero attached hydrogens (tertiary/aromatic N) is 3. The fourth-order valence-corrected chi connectivity index (χ4v) is 3.51. The summed E-state index contributed by atoms with van der Waals surface area (Å²) in [5.41, 5.74) is 1.55. The maximum Gasteiger partial charge on any atom is 0.408 e. The Hall–Kier alpha value is -3.36. The summed E-state index contributed by atoms with van der Waals surface area (Å²) < 4.78 is 5.28. The highest BCUT2D eigenvalue weighted by Crippen LogP contribution is 2.20. The molecule has 2 heterocycles. The zero-order chi connectivity index (χ0) is 21.5. The van der Waals surface area contributed by atoms with Crippen molar-refractivity contribution in [3.05, 3.63) is 54.1 Å². The largest absolute Gasteiger partial charge is 0.445 e. The van der Waals surface area contributed by atoms with Gasteiger partial charge in [-0.25, -0.2) is 9.78 Å². The van der Waals surface area contributed by atoms with E-state index in [0.29, 0.717) is 18.7 Å². The molecule has 3 amide bonds. The fourth-order valence-electron chi connectivity index (χ4n) is 3.51. The van der Waals surface area contributed by atoms with Crippen LogP contribution in [-0.4, -0.2) is 70.4 Å². The molecule has 0 spiro atoms. The number of benzene rings is 1. The average molecular weight is 413 g/mol. The molecule has 2 N–H and O–H groups in total. The van der Waals surface area contributed by atoms with E-state index >= 15 is 0 Å². The Morgan fingerprint density at radius 1 is 1.30 bits per heavy atom. The molecule has 1 aliphatic rings. The van der Waals surface area contributed by atoms with Crippen LogP contribution in [0.2, 0.25) is 0 Å². The number of amides is 3. The molecule has 1 aromatic carbocycles. The van der Waals surface area contributed by atoms with Crippen LogP contribution < -0.4 is 5.32 Å². The van der Waals surface area contributed by atoms with Crippen LogP contribution in [0.25, 0.3) is 0 Å². The van der Waals surface area contributed by atoms with E-state index < -0.39 is 18.2 Å². The molecule has 0 aliphatic carbocycles. The average Bonchev–Trinajstić information content (AvgIpc) is 3.43. The number of nitrogens with one attached hydrogen (secondary N) is 2. The second kappa shape index (κ2) is 9.91. The molecule has 0 radical (unpaired) electrons. The number of hydrogen-bond acceptors (Lipinski definition) is 5. The van der Waals surface area contributed by atoms with Crippen LogP contribution in [0, 0.1) is 0 Å². The molecule has 1 aromatic heterocycles. The summed E-state index contributed by atoms with van der Waals surface area (Å²) in [7, 11) is 3.34. The van der Waals surface area contributed by atoms with Gasteiger partial charge in [0, 0.05) is 39.0 Å². The van der Waals surface area contributed by atoms with Gasteiger partial charge in [0.25, 0.3) is 0 Å². The minimum atomic E-state index is -0.871. The van der Waals surface area contributed by atoms with Gasteiger partial charge < -0.3 is 24.8 Å². The molecule has 0 saturated carbocycles. The Balaban J connectivity index is 1.69. The lowest BCUT2D eigenvalue weighted by atomic mass is 10.1. The molecular formula is C21H27N5O4. The summed E-state index contributed by atoms with van der Waals surface area (Å²) in [6.45, 7) is 0.576. The third-order valence-electron chi connectivity index (χ3n) is 5.04. The first-order chi connectivity index (χ1) is 14.5. The van der Waals surface area contributed by atoms with Crippen LogP contribution in [0.15, 0.2) is 42.9 Å². The van der Waals surface area contributed by atoms with Crippen molar-refractivity contribution in [2.45, 2.75) is 38.0 Å². The smallest absolute Gasteiger partial charge is 0.408 e. The van der Waals surface area contributed by atoms with E-state index in [9.17, 15) is 14.4 Å². The van der Waals surface area contributed by atoms with Crippen molar-refractivity contribution < 1.29 is 19.1 Å². The van der Waals surface area contributed by atoms with Crippen LogP contribution in [0.4, 0.5) is 4.79 Å². The van der Waals surface area contributed by atoms with Crippen molar-refractivity contribution in [1.29, 1.82) is 0 Å². The lowest BCUT2D eigenvalue weighted by Gasteiger charge is -2.29. The topological polar surface area (TPSA) is 108 Å². The minimum absolute atomic E-state index is 0.100. The highest BCUT2D eigenvalue weighted by Gasteiger charge is 2.38. The molecule has 30 heavy (non-hydrogen) atoms. The zero-order valence-corrected chi connectivity index (χ0v) is 17.2. The van der Waals surface area contributed by atoms with E-state index in [2.05, 4.69) is 15.3 Å². The molecule has 1 aliphatic heterocycles. The first-order valence-corrected chi connectivity index (χ1v) is 9.92. The van der Waals surface area contributed by atoms with Gasteiger partial charge >= 0.3 is 6.09 Å². The number of likely N-dealkylation sites (N-methyl/N-ethyl adjacent to an activating group) is 1. The number of rotatable bonds is 7. The molecule has 3 rings (SSSR count). The Morgan fingerprint density at radius 2 is 2.07 bits per heavy atom. The van der Waals surface area contributed by atoms with Gasteiger partial charge in [0.2, 0.25) is 11.8 Å². The maximum absolute atomic E-state index is 13.3. The SMILES string of the molecule is CN(C)C(=O)[C@@H]1CCCN1C(=O)[C@H](Cc1cnc[nH]1)NC(=O)OCc1ccccc1. The summed E-state index contributed by atoms with van der Waals surface area (Å²) in [4.78, 5) is 48.1. The number of imidazole rings is 1. The highest BCUT2D eigenvalue weighted by atomic mass is 16.5. The molecule has 1 saturated heterocycles. The van der Waals surface area contributed by atoms with E-state index in [0.717, 1.165) is 12.0 Å². The van der Waals surface area contributed by atoms with Crippen LogP contribution in [-0.2, 0) is 27.4 Å². The van der Waals surface area contributed by atoms with Gasteiger partial charge in [-0.05, 0) is 18.4 Å². The van der Waals surface area contributed by atoms with E-state index in [1.54, 1.807) is 25.2 Å². The van der Waals surface area contributed by atoms with Crippen molar-refractivity contribution in [1.82, 2.24) is 25.1 Å². The van der Waals surface area contributed by atoms with Gasteiger partial charge in [-0.1, -0.05) is 30.3 Å². The predicted molar refractivity (Wildman–Crippen MR) is 109 cm³/mol. The lowest BCUT2D eigenvalue weighted by Crippen LogP contribution is -2.54. The number of carbonyl (C=O) groups is 3. The molecule has 160 valence electrons. The van der Waals surface area contributed by atoms with Gasteiger partial charge in [0.1, 0.15) is 18.7 Å². The van der Waals surface area contributed by atoms with E-state index in [1.165, 1.54) is 11.2 Å². The summed E-state index contributed by atoms with van der Waals surface area (Å²) >= 11 is 0. The summed E-state index contributed by atoms with van der Waals surface area (Å²) in [5.74, 6) is -0.424. The molecule has 0 unspecified atom stereocenters. The lowest BCUT2D eigenvalue weighted by molar-refractivity contribution is -0.143. The van der Waals surface area contributed by atoms with Gasteiger partial charge in [0.05, 0.1) is 6.33 Å². The number of hydrogen-bond donors (Lipinski definition) is 2. The molecule has 1 fully saturated rings. The van der Waals surface area contributed by atoms with Crippen molar-refractivity contribution in [3.8, 4) is 0 Å². The highest BCUT2D eigenvalue weighted by molar-refractivity contribution is 5.91. The normalized spacial score (nSPS) is 16.7. The van der Waals surface area contributed by atoms with E-state index in [1.807, 2.05) is 30.3 Å². The minimum Gasteiger partial charge on any atom is -0.445 e. The van der Waals surface area contributed by atoms with Gasteiger partial charge in [-0.3, -0.25) is 9.59 Å². The second-order valence-corrected chi connectivity index (χ2v) is 7.46. The van der Waals surface area contributed by atoms with Crippen molar-refractivity contribution in [2.75, 3.05) is 20.6 Å². The number of aromatic nitrogens is 2. The number of aromatic amines is 1. The van der Waals surface area contributed by atoms with Crippen LogP contribution >= 0.6 is 0 Å². The number of likely N-dealkylation sites (tertiary alicyclic amines) is 1. The first-order valence-electron chi connectivity index (χ1n) is 9.92. The fraction of sp³-hybridized carbons (Fsp3) is 0.429. The summed E-state index contributed by atoms with van der Waals surface area (Å²) in [6.07, 6.45) is 4.00. The maximum atomic E-state index is 13.3. The zero-order valence-electron chi connectivity index (χ0n) is 17.2. The number of ether oxygens (including phenoxy) is 1. The summed E-state index contributed by atoms with van der Waals surface area (Å²) in [5, 5.41) is 2.67. The van der Waals surface area contributed by atoms with Gasteiger partial charge in [0.15, 0.2) is 0 Å². The predicted octanol–water partition coefficient (Wildman–Crippen LogP) is 1.33. The molecular weight excluding hydrogens is 386 g/mol. The molecule has 9 heteroatoms. The van der Waals surface area contributed by atoms with Crippen molar-refractivity contribution in [3.63, 3.8) is 0 Å². The monoisotopic (exact) mass is 413 g/mol. The molecule has 2 aromatic rings. The Labute approximate surface area is 175 Å². The van der Waals surface area contributed by atoms with E-state index in [-0.39, 0.29) is 24.8 Å². The second-order valence-electron chi connectivity index (χ2n) is 7.46. The van der Waals surface area contributed by atoms with Crippen molar-refractivity contribution in [2.24, 2.45) is 0 Å². The van der Waals surface area contributed by atoms with Crippen LogP contribution in [0.5, 0.6) is 0 Å². The van der Waals surface area contributed by atoms with Crippen molar-refractivity contribution >= 4 is 17.9 Å². The third kappa shape index (κ3) is 5.37. The van der Waals surface area contributed by atoms with Gasteiger partial charge in [-0.2, -0.15) is 0 Å². The van der Waals surface area contributed by atoms with Gasteiger partial charge in [-0.15, -0.1) is 0 Å². The third-order valence-corrected chi connectivity index (χ3v) is 5.04. The quantitative estimate of drug-likeness (QED) is 0.712. The van der Waals surface area contributed by atoms with Crippen LogP contribution in [0.1, 0.15) is 24.1 Å². The Bertz CT molecular complexity index is 854. The number of H-pyrrole nitrogens is 1.